The molecule has 0 N–H and O–H groups in total. The van der Waals surface area contributed by atoms with Gasteiger partial charge in [0.05, 0.1) is 37.5 Å². The first-order chi connectivity index (χ1) is 10.2. The van der Waals surface area contributed by atoms with Crippen LogP contribution in [0, 0.1) is 6.92 Å². The highest BCUT2D eigenvalue weighted by atomic mass is 16.5. The molecular formula is C15H19N3O3. The Morgan fingerprint density at radius 3 is 2.76 bits per heavy atom. The fraction of sp³-hybridized carbons (Fsp3) is 0.400. The number of rotatable bonds is 6. The predicted molar refractivity (Wildman–Crippen MR) is 77.8 cm³/mol. The van der Waals surface area contributed by atoms with Crippen molar-refractivity contribution in [3.05, 3.63) is 35.8 Å². The molecule has 21 heavy (non-hydrogen) atoms. The van der Waals surface area contributed by atoms with E-state index >= 15 is 0 Å². The summed E-state index contributed by atoms with van der Waals surface area (Å²) in [6, 6.07) is 3.58. The van der Waals surface area contributed by atoms with Crippen LogP contribution in [-0.2, 0) is 4.74 Å². The molecule has 112 valence electrons. The number of esters is 1. The van der Waals surface area contributed by atoms with E-state index in [1.165, 1.54) is 6.20 Å². The van der Waals surface area contributed by atoms with Crippen molar-refractivity contribution in [1.82, 2.24) is 14.8 Å². The second kappa shape index (κ2) is 6.88. The Morgan fingerprint density at radius 2 is 2.14 bits per heavy atom. The van der Waals surface area contributed by atoms with E-state index in [2.05, 4.69) is 10.1 Å². The number of unbranched alkanes of at least 4 members (excludes halogenated alkanes) is 1. The first-order valence-electron chi connectivity index (χ1n) is 6.89. The van der Waals surface area contributed by atoms with Gasteiger partial charge in [0.15, 0.2) is 0 Å². The average molecular weight is 289 g/mol. The highest BCUT2D eigenvalue weighted by Crippen LogP contribution is 2.16. The van der Waals surface area contributed by atoms with Crippen molar-refractivity contribution in [2.75, 3.05) is 13.7 Å². The van der Waals surface area contributed by atoms with E-state index in [1.807, 2.05) is 19.9 Å². The number of hydrogen-bond acceptors (Lipinski definition) is 5. The molecular weight excluding hydrogens is 270 g/mol. The van der Waals surface area contributed by atoms with E-state index < -0.39 is 0 Å². The Labute approximate surface area is 123 Å². The number of aromatic nitrogens is 3. The minimum Gasteiger partial charge on any atom is -0.481 e. The fourth-order valence-corrected chi connectivity index (χ4v) is 1.88. The topological polar surface area (TPSA) is 66.2 Å². The van der Waals surface area contributed by atoms with Gasteiger partial charge in [0.25, 0.3) is 0 Å². The van der Waals surface area contributed by atoms with Crippen LogP contribution in [0.1, 0.15) is 35.8 Å². The minimum absolute atomic E-state index is 0.339. The van der Waals surface area contributed by atoms with Gasteiger partial charge in [-0.3, -0.25) is 0 Å². The van der Waals surface area contributed by atoms with Crippen LogP contribution in [0.2, 0.25) is 0 Å². The molecule has 6 heteroatoms. The summed E-state index contributed by atoms with van der Waals surface area (Å²) in [4.78, 5) is 16.1. The number of hydrogen-bond donors (Lipinski definition) is 0. The van der Waals surface area contributed by atoms with Crippen molar-refractivity contribution < 1.29 is 14.3 Å². The van der Waals surface area contributed by atoms with Crippen LogP contribution in [0.25, 0.3) is 5.69 Å². The molecule has 0 saturated heterocycles. The van der Waals surface area contributed by atoms with Crippen LogP contribution < -0.4 is 4.74 Å². The smallest absolute Gasteiger partial charge is 0.341 e. The Kier molecular flexibility index (Phi) is 4.92. The molecule has 0 aromatic carbocycles. The Balaban J connectivity index is 2.17. The summed E-state index contributed by atoms with van der Waals surface area (Å²) in [6.07, 6.45) is 5.02. The molecule has 0 aliphatic heterocycles. The highest BCUT2D eigenvalue weighted by molar-refractivity contribution is 5.90. The summed E-state index contributed by atoms with van der Waals surface area (Å²) in [5.41, 5.74) is 1.96. The molecule has 0 amide bonds. The zero-order valence-corrected chi connectivity index (χ0v) is 12.5. The number of ether oxygens (including phenoxy) is 2. The van der Waals surface area contributed by atoms with Gasteiger partial charge in [0.1, 0.15) is 5.56 Å². The molecule has 0 fully saturated rings. The summed E-state index contributed by atoms with van der Waals surface area (Å²) in [7, 11) is 1.56. The van der Waals surface area contributed by atoms with E-state index in [4.69, 9.17) is 9.47 Å². The second-order valence-corrected chi connectivity index (χ2v) is 4.60. The van der Waals surface area contributed by atoms with E-state index in [-0.39, 0.29) is 5.97 Å². The van der Waals surface area contributed by atoms with Gasteiger partial charge in [-0.25, -0.2) is 14.5 Å². The van der Waals surface area contributed by atoms with Gasteiger partial charge in [-0.05, 0) is 19.4 Å². The van der Waals surface area contributed by atoms with E-state index in [1.54, 1.807) is 24.1 Å². The lowest BCUT2D eigenvalue weighted by Gasteiger charge is -2.06. The van der Waals surface area contributed by atoms with Gasteiger partial charge in [-0.2, -0.15) is 5.10 Å². The van der Waals surface area contributed by atoms with Crippen molar-refractivity contribution in [3.8, 4) is 11.6 Å². The Morgan fingerprint density at radius 1 is 1.33 bits per heavy atom. The number of pyridine rings is 1. The lowest BCUT2D eigenvalue weighted by Crippen LogP contribution is -2.08. The van der Waals surface area contributed by atoms with Crippen LogP contribution >= 0.6 is 0 Å². The summed E-state index contributed by atoms with van der Waals surface area (Å²) in [6.45, 7) is 4.31. The van der Waals surface area contributed by atoms with Gasteiger partial charge in [0, 0.05) is 6.07 Å². The first-order valence-corrected chi connectivity index (χ1v) is 6.89. The van der Waals surface area contributed by atoms with Gasteiger partial charge in [-0.15, -0.1) is 0 Å². The predicted octanol–water partition coefficient (Wildman–Crippen LogP) is 2.54. The van der Waals surface area contributed by atoms with Crippen LogP contribution in [-0.4, -0.2) is 34.5 Å². The van der Waals surface area contributed by atoms with Crippen molar-refractivity contribution in [2.45, 2.75) is 26.7 Å². The van der Waals surface area contributed by atoms with Gasteiger partial charge in [-0.1, -0.05) is 13.3 Å². The molecule has 0 bridgehead atoms. The summed E-state index contributed by atoms with van der Waals surface area (Å²) >= 11 is 0. The quantitative estimate of drug-likeness (QED) is 0.604. The summed E-state index contributed by atoms with van der Waals surface area (Å²) < 4.78 is 11.9. The van der Waals surface area contributed by atoms with Crippen LogP contribution in [0.5, 0.6) is 5.88 Å². The maximum absolute atomic E-state index is 12.0. The van der Waals surface area contributed by atoms with Crippen LogP contribution in [0.15, 0.2) is 24.5 Å². The van der Waals surface area contributed by atoms with Gasteiger partial charge in [0.2, 0.25) is 5.88 Å². The molecule has 0 aliphatic rings. The molecule has 0 radical (unpaired) electrons. The standard InChI is InChI=1S/C15H19N3O3/c1-4-5-8-21-15(19)13-10-17-18(11(13)2)12-6-7-14(20-3)16-9-12/h6-7,9-10H,4-5,8H2,1-3H3. The highest BCUT2D eigenvalue weighted by Gasteiger charge is 2.16. The number of methoxy groups -OCH3 is 1. The zero-order valence-electron chi connectivity index (χ0n) is 12.5. The van der Waals surface area contributed by atoms with E-state index in [9.17, 15) is 4.79 Å². The Bertz CT molecular complexity index is 605. The molecule has 2 aromatic heterocycles. The lowest BCUT2D eigenvalue weighted by atomic mass is 10.2. The molecule has 0 atom stereocenters. The van der Waals surface area contributed by atoms with Gasteiger partial charge >= 0.3 is 5.97 Å². The molecule has 0 spiro atoms. The van der Waals surface area contributed by atoms with E-state index in [0.29, 0.717) is 18.1 Å². The lowest BCUT2D eigenvalue weighted by molar-refractivity contribution is 0.0499. The molecule has 0 unspecified atom stereocenters. The third-order valence-electron chi connectivity index (χ3n) is 3.14. The molecule has 2 heterocycles. The number of carbonyl (C=O) groups is 1. The third kappa shape index (κ3) is 3.39. The molecule has 2 aromatic rings. The third-order valence-corrected chi connectivity index (χ3v) is 3.14. The maximum atomic E-state index is 12.0. The first kappa shape index (κ1) is 15.0. The van der Waals surface area contributed by atoms with Crippen molar-refractivity contribution in [2.24, 2.45) is 0 Å². The van der Waals surface area contributed by atoms with E-state index in [0.717, 1.165) is 24.2 Å². The number of nitrogens with zero attached hydrogens (tertiary/aromatic N) is 3. The maximum Gasteiger partial charge on any atom is 0.341 e. The summed E-state index contributed by atoms with van der Waals surface area (Å²) in [5, 5.41) is 4.23. The average Bonchev–Trinajstić information content (AvgIpc) is 2.89. The molecule has 0 aliphatic carbocycles. The number of carbonyl (C=O) groups excluding carboxylic acids is 1. The second-order valence-electron chi connectivity index (χ2n) is 4.60. The fourth-order valence-electron chi connectivity index (χ4n) is 1.88. The largest absolute Gasteiger partial charge is 0.481 e. The molecule has 0 saturated carbocycles. The van der Waals surface area contributed by atoms with Crippen molar-refractivity contribution in [3.63, 3.8) is 0 Å². The SMILES string of the molecule is CCCCOC(=O)c1cnn(-c2ccc(OC)nc2)c1C. The normalized spacial score (nSPS) is 10.4. The van der Waals surface area contributed by atoms with Crippen molar-refractivity contribution >= 4 is 5.97 Å². The minimum atomic E-state index is -0.339. The van der Waals surface area contributed by atoms with Crippen LogP contribution in [0.4, 0.5) is 0 Å². The zero-order chi connectivity index (χ0) is 15.2. The molecule has 6 nitrogen and oxygen atoms in total. The monoisotopic (exact) mass is 289 g/mol. The summed E-state index contributed by atoms with van der Waals surface area (Å²) in [5.74, 6) is 0.191. The van der Waals surface area contributed by atoms with Crippen LogP contribution in [0.3, 0.4) is 0 Å². The van der Waals surface area contributed by atoms with Crippen molar-refractivity contribution in [1.29, 1.82) is 0 Å². The Hall–Kier alpha value is -2.37. The van der Waals surface area contributed by atoms with Gasteiger partial charge < -0.3 is 9.47 Å². The molecule has 2 rings (SSSR count).